The third-order valence-corrected chi connectivity index (χ3v) is 3.15. The number of carboxylic acid groups (broad SMARTS) is 1. The Labute approximate surface area is 88.6 Å². The van der Waals surface area contributed by atoms with Crippen LogP contribution in [0.15, 0.2) is 0 Å². The normalized spacial score (nSPS) is 23.2. The molecule has 0 aromatic heterocycles. The van der Waals surface area contributed by atoms with Crippen LogP contribution in [0.1, 0.15) is 32.1 Å². The molecule has 0 aromatic carbocycles. The number of nitrogens with zero attached hydrogens (tertiary/aromatic N) is 2. The summed E-state index contributed by atoms with van der Waals surface area (Å²) in [7, 11) is 0. The number of rotatable bonds is 4. The molecule has 1 amide bonds. The Morgan fingerprint density at radius 1 is 1.47 bits per heavy atom. The largest absolute Gasteiger partial charge is 0.481 e. The lowest BCUT2D eigenvalue weighted by atomic mass is 9.92. The Balaban J connectivity index is 1.91. The number of carbonyl (C=O) groups excluding carboxylic acids is 1. The van der Waals surface area contributed by atoms with E-state index in [0.29, 0.717) is 25.6 Å². The molecule has 2 fully saturated rings. The zero-order valence-electron chi connectivity index (χ0n) is 8.69. The van der Waals surface area contributed by atoms with E-state index in [9.17, 15) is 9.59 Å². The number of hydrogen-bond donors (Lipinski definition) is 1. The first-order valence-corrected chi connectivity index (χ1v) is 5.47. The minimum atomic E-state index is -0.803. The molecule has 2 rings (SSSR count). The van der Waals surface area contributed by atoms with Gasteiger partial charge in [0.15, 0.2) is 0 Å². The van der Waals surface area contributed by atoms with Crippen molar-refractivity contribution in [3.63, 3.8) is 0 Å². The Morgan fingerprint density at radius 2 is 2.20 bits per heavy atom. The van der Waals surface area contributed by atoms with E-state index in [1.807, 2.05) is 5.01 Å². The Kier molecular flexibility index (Phi) is 2.90. The number of aliphatic carboxylic acids is 1. The summed E-state index contributed by atoms with van der Waals surface area (Å²) in [6.07, 6.45) is 3.96. The average molecular weight is 212 g/mol. The number of hydrazine groups is 1. The minimum absolute atomic E-state index is 0.108. The standard InChI is InChI=1S/C10H16N2O3/c13-9-4-6-11(7-5-10(14)15)12(9)8-2-1-3-8/h8H,1-7H2,(H,14,15). The summed E-state index contributed by atoms with van der Waals surface area (Å²) < 4.78 is 0. The maximum absolute atomic E-state index is 11.6. The van der Waals surface area contributed by atoms with Gasteiger partial charge in [0, 0.05) is 25.6 Å². The molecule has 84 valence electrons. The molecule has 15 heavy (non-hydrogen) atoms. The van der Waals surface area contributed by atoms with Crippen molar-refractivity contribution in [2.24, 2.45) is 0 Å². The molecule has 0 spiro atoms. The van der Waals surface area contributed by atoms with Crippen LogP contribution in [0.3, 0.4) is 0 Å². The van der Waals surface area contributed by atoms with Crippen LogP contribution in [0.25, 0.3) is 0 Å². The molecule has 2 aliphatic rings. The van der Waals surface area contributed by atoms with E-state index in [0.717, 1.165) is 12.8 Å². The number of hydrogen-bond acceptors (Lipinski definition) is 3. The highest BCUT2D eigenvalue weighted by Gasteiger charge is 2.37. The summed E-state index contributed by atoms with van der Waals surface area (Å²) >= 11 is 0. The van der Waals surface area contributed by atoms with Crippen LogP contribution < -0.4 is 0 Å². The van der Waals surface area contributed by atoms with Crippen molar-refractivity contribution < 1.29 is 14.7 Å². The Bertz CT molecular complexity index is 276. The van der Waals surface area contributed by atoms with Gasteiger partial charge in [0.25, 0.3) is 0 Å². The van der Waals surface area contributed by atoms with Crippen molar-refractivity contribution in [2.75, 3.05) is 13.1 Å². The fraction of sp³-hybridized carbons (Fsp3) is 0.800. The molecule has 0 aromatic rings. The Morgan fingerprint density at radius 3 is 2.73 bits per heavy atom. The fourth-order valence-corrected chi connectivity index (χ4v) is 2.11. The van der Waals surface area contributed by atoms with Crippen LogP contribution in [0, 0.1) is 0 Å². The van der Waals surface area contributed by atoms with E-state index in [1.165, 1.54) is 6.42 Å². The fourth-order valence-electron chi connectivity index (χ4n) is 2.11. The minimum Gasteiger partial charge on any atom is -0.481 e. The highest BCUT2D eigenvalue weighted by molar-refractivity contribution is 5.78. The molecule has 1 heterocycles. The first-order valence-electron chi connectivity index (χ1n) is 5.47. The summed E-state index contributed by atoms with van der Waals surface area (Å²) in [4.78, 5) is 22.1. The maximum Gasteiger partial charge on any atom is 0.304 e. The van der Waals surface area contributed by atoms with Crippen molar-refractivity contribution in [1.29, 1.82) is 0 Å². The third-order valence-electron chi connectivity index (χ3n) is 3.15. The molecular formula is C10H16N2O3. The summed E-state index contributed by atoms with van der Waals surface area (Å²) in [6, 6.07) is 0.341. The van der Waals surface area contributed by atoms with Crippen LogP contribution in [0.4, 0.5) is 0 Å². The van der Waals surface area contributed by atoms with E-state index in [1.54, 1.807) is 5.01 Å². The van der Waals surface area contributed by atoms with Gasteiger partial charge in [0.1, 0.15) is 0 Å². The summed E-state index contributed by atoms with van der Waals surface area (Å²) in [5.74, 6) is -0.645. The van der Waals surface area contributed by atoms with Crippen molar-refractivity contribution in [3.05, 3.63) is 0 Å². The molecule has 0 unspecified atom stereocenters. The van der Waals surface area contributed by atoms with E-state index in [4.69, 9.17) is 5.11 Å². The van der Waals surface area contributed by atoms with E-state index < -0.39 is 5.97 Å². The first kappa shape index (κ1) is 10.4. The summed E-state index contributed by atoms with van der Waals surface area (Å²) in [5.41, 5.74) is 0. The van der Waals surface area contributed by atoms with Gasteiger partial charge in [-0.1, -0.05) is 0 Å². The van der Waals surface area contributed by atoms with Crippen LogP contribution in [0.2, 0.25) is 0 Å². The lowest BCUT2D eigenvalue weighted by Gasteiger charge is -2.39. The highest BCUT2D eigenvalue weighted by atomic mass is 16.4. The van der Waals surface area contributed by atoms with Crippen molar-refractivity contribution in [2.45, 2.75) is 38.1 Å². The highest BCUT2D eigenvalue weighted by Crippen LogP contribution is 2.29. The molecule has 1 saturated carbocycles. The van der Waals surface area contributed by atoms with Gasteiger partial charge in [-0.3, -0.25) is 14.6 Å². The molecule has 1 aliphatic carbocycles. The van der Waals surface area contributed by atoms with Crippen molar-refractivity contribution in [3.8, 4) is 0 Å². The predicted molar refractivity (Wildman–Crippen MR) is 52.9 cm³/mol. The molecule has 1 saturated heterocycles. The smallest absolute Gasteiger partial charge is 0.304 e. The van der Waals surface area contributed by atoms with E-state index >= 15 is 0 Å². The molecular weight excluding hydrogens is 196 g/mol. The van der Waals surface area contributed by atoms with Crippen molar-refractivity contribution >= 4 is 11.9 Å². The lowest BCUT2D eigenvalue weighted by Crippen LogP contribution is -2.49. The average Bonchev–Trinajstić information content (AvgIpc) is 2.43. The molecule has 0 atom stereocenters. The van der Waals surface area contributed by atoms with Gasteiger partial charge in [-0.25, -0.2) is 5.01 Å². The summed E-state index contributed by atoms with van der Waals surface area (Å²) in [6.45, 7) is 1.14. The van der Waals surface area contributed by atoms with E-state index in [-0.39, 0.29) is 12.3 Å². The second-order valence-electron chi connectivity index (χ2n) is 4.17. The quantitative estimate of drug-likeness (QED) is 0.735. The van der Waals surface area contributed by atoms with Crippen molar-refractivity contribution in [1.82, 2.24) is 10.0 Å². The SMILES string of the molecule is O=C(O)CCN1CCC(=O)N1C1CCC1. The molecule has 1 aliphatic heterocycles. The van der Waals surface area contributed by atoms with Gasteiger partial charge in [0.05, 0.1) is 6.42 Å². The van der Waals surface area contributed by atoms with Gasteiger partial charge >= 0.3 is 5.97 Å². The second kappa shape index (κ2) is 4.18. The molecule has 5 nitrogen and oxygen atoms in total. The van der Waals surface area contributed by atoms with Crippen LogP contribution >= 0.6 is 0 Å². The topological polar surface area (TPSA) is 60.9 Å². The number of carbonyl (C=O) groups is 2. The lowest BCUT2D eigenvalue weighted by molar-refractivity contribution is -0.149. The second-order valence-corrected chi connectivity index (χ2v) is 4.17. The third kappa shape index (κ3) is 2.12. The molecule has 1 N–H and O–H groups in total. The van der Waals surface area contributed by atoms with Crippen LogP contribution in [-0.2, 0) is 9.59 Å². The molecule has 0 radical (unpaired) electrons. The van der Waals surface area contributed by atoms with Gasteiger partial charge in [-0.15, -0.1) is 0 Å². The van der Waals surface area contributed by atoms with Gasteiger partial charge in [0.2, 0.25) is 5.91 Å². The van der Waals surface area contributed by atoms with Crippen LogP contribution in [-0.4, -0.2) is 46.1 Å². The maximum atomic E-state index is 11.6. The van der Waals surface area contributed by atoms with E-state index in [2.05, 4.69) is 0 Å². The monoisotopic (exact) mass is 212 g/mol. The predicted octanol–water partition coefficient (Wildman–Crippen LogP) is 0.463. The zero-order valence-corrected chi connectivity index (χ0v) is 8.69. The molecule has 5 heteroatoms. The first-order chi connectivity index (χ1) is 7.18. The number of amides is 1. The zero-order chi connectivity index (χ0) is 10.8. The molecule has 0 bridgehead atoms. The van der Waals surface area contributed by atoms with Gasteiger partial charge in [-0.05, 0) is 19.3 Å². The summed E-state index contributed by atoms with van der Waals surface area (Å²) in [5, 5.41) is 12.3. The number of carboxylic acids is 1. The van der Waals surface area contributed by atoms with Gasteiger partial charge in [-0.2, -0.15) is 0 Å². The van der Waals surface area contributed by atoms with Gasteiger partial charge < -0.3 is 5.11 Å². The van der Waals surface area contributed by atoms with Crippen LogP contribution in [0.5, 0.6) is 0 Å². The Hall–Kier alpha value is -1.10.